The van der Waals surface area contributed by atoms with Gasteiger partial charge in [0.25, 0.3) is 0 Å². The molecule has 2 amide bonds. The zero-order valence-electron chi connectivity index (χ0n) is 21.4. The zero-order chi connectivity index (χ0) is 26.4. The van der Waals surface area contributed by atoms with Gasteiger partial charge in [0.05, 0.1) is 17.5 Å². The molecule has 13 heteroatoms. The number of aliphatic carboxylic acids is 1. The van der Waals surface area contributed by atoms with Crippen LogP contribution in [0.1, 0.15) is 39.0 Å². The molecule has 1 saturated heterocycles. The van der Waals surface area contributed by atoms with Gasteiger partial charge in [-0.25, -0.2) is 19.6 Å². The molecule has 1 aliphatic heterocycles. The predicted octanol–water partition coefficient (Wildman–Crippen LogP) is 1.92. The molecule has 3 heterocycles. The van der Waals surface area contributed by atoms with E-state index < -0.39 is 18.0 Å². The number of carbonyl (C=O) groups excluding carboxylic acids is 2. The van der Waals surface area contributed by atoms with Gasteiger partial charge in [0, 0.05) is 33.4 Å². The lowest BCUT2D eigenvalue weighted by molar-refractivity contribution is -0.142. The highest BCUT2D eigenvalue weighted by Gasteiger charge is 2.33. The second kappa shape index (κ2) is 13.2. The topological polar surface area (TPSA) is 162 Å². The molecule has 0 saturated carbocycles. The van der Waals surface area contributed by atoms with Crippen molar-refractivity contribution in [2.24, 2.45) is 11.7 Å². The average Bonchev–Trinajstić information content (AvgIpc) is 3.30. The Morgan fingerprint density at radius 1 is 1.30 bits per heavy atom. The molecular formula is C24H35ClN8O4. The van der Waals surface area contributed by atoms with Crippen molar-refractivity contribution in [2.75, 3.05) is 38.6 Å². The minimum absolute atomic E-state index is 0. The summed E-state index contributed by atoms with van der Waals surface area (Å²) in [6.45, 7) is 3.66. The molecule has 0 spiro atoms. The van der Waals surface area contributed by atoms with Crippen molar-refractivity contribution in [2.45, 2.75) is 51.1 Å². The van der Waals surface area contributed by atoms with Crippen molar-refractivity contribution < 1.29 is 19.5 Å². The number of piperidine rings is 1. The lowest BCUT2D eigenvalue weighted by Gasteiger charge is -2.42. The molecule has 2 aromatic rings. The number of rotatable bonds is 9. The molecule has 3 atom stereocenters. The number of nitriles is 1. The van der Waals surface area contributed by atoms with Crippen LogP contribution < -0.4 is 10.6 Å². The summed E-state index contributed by atoms with van der Waals surface area (Å²) in [5, 5.41) is 19.2. The quantitative estimate of drug-likeness (QED) is 0.457. The van der Waals surface area contributed by atoms with Crippen LogP contribution in [0.5, 0.6) is 0 Å². The fourth-order valence-electron chi connectivity index (χ4n) is 4.76. The van der Waals surface area contributed by atoms with Gasteiger partial charge in [-0.15, -0.1) is 12.4 Å². The Bertz CT molecular complexity index is 1150. The number of carboxylic acids is 1. The number of carbonyl (C=O) groups is 3. The number of aromatic nitrogens is 3. The van der Waals surface area contributed by atoms with Crippen LogP contribution in [-0.4, -0.2) is 93.2 Å². The maximum absolute atomic E-state index is 13.3. The summed E-state index contributed by atoms with van der Waals surface area (Å²) in [5.74, 6) is -0.379. The molecule has 2 aromatic heterocycles. The Hall–Kier alpha value is -3.43. The summed E-state index contributed by atoms with van der Waals surface area (Å²) in [6.07, 6.45) is 5.18. The van der Waals surface area contributed by atoms with Gasteiger partial charge >= 0.3 is 12.0 Å². The van der Waals surface area contributed by atoms with Crippen LogP contribution in [0.4, 0.5) is 10.6 Å². The molecule has 0 bridgehead atoms. The molecule has 0 aliphatic carbocycles. The van der Waals surface area contributed by atoms with E-state index in [9.17, 15) is 19.5 Å². The second-order valence-corrected chi connectivity index (χ2v) is 9.27. The van der Waals surface area contributed by atoms with Crippen LogP contribution >= 0.6 is 12.4 Å². The third-order valence-corrected chi connectivity index (χ3v) is 6.99. The van der Waals surface area contributed by atoms with Crippen LogP contribution in [0.15, 0.2) is 18.6 Å². The third-order valence-electron chi connectivity index (χ3n) is 6.99. The van der Waals surface area contributed by atoms with Crippen molar-refractivity contribution in [3.05, 3.63) is 18.6 Å². The molecule has 3 N–H and O–H groups in total. The highest BCUT2D eigenvalue weighted by molar-refractivity contribution is 5.95. The SMILES string of the molecule is C[C@@H]1CCN(C(=O)CC#N)C[C@@H]1N(C)c1ncnc2c1ccn2C(=O)N(C)[C@@H](CCCCN)C(=O)O.Cl. The van der Waals surface area contributed by atoms with E-state index in [1.54, 1.807) is 17.2 Å². The molecule has 202 valence electrons. The number of unbranched alkanes of at least 4 members (excludes halogenated alkanes) is 1. The minimum atomic E-state index is -1.07. The first-order chi connectivity index (χ1) is 17.2. The first-order valence-electron chi connectivity index (χ1n) is 12.1. The molecule has 1 aliphatic rings. The van der Waals surface area contributed by atoms with Crippen molar-refractivity contribution in [1.29, 1.82) is 5.26 Å². The number of nitrogens with zero attached hydrogens (tertiary/aromatic N) is 7. The van der Waals surface area contributed by atoms with Gasteiger partial charge in [0.1, 0.15) is 24.6 Å². The van der Waals surface area contributed by atoms with E-state index in [-0.39, 0.29) is 36.7 Å². The molecule has 0 radical (unpaired) electrons. The lowest BCUT2D eigenvalue weighted by atomic mass is 9.92. The van der Waals surface area contributed by atoms with E-state index in [0.29, 0.717) is 55.7 Å². The highest BCUT2D eigenvalue weighted by atomic mass is 35.5. The number of amides is 2. The summed E-state index contributed by atoms with van der Waals surface area (Å²) in [6, 6.07) is 2.13. The number of likely N-dealkylation sites (N-methyl/N-ethyl adjacent to an activating group) is 2. The summed E-state index contributed by atoms with van der Waals surface area (Å²) in [4.78, 5) is 51.1. The van der Waals surface area contributed by atoms with Crippen molar-refractivity contribution >= 4 is 47.2 Å². The summed E-state index contributed by atoms with van der Waals surface area (Å²) in [5.41, 5.74) is 5.89. The predicted molar refractivity (Wildman–Crippen MR) is 140 cm³/mol. The number of nitrogens with two attached hydrogens (primary N) is 1. The van der Waals surface area contributed by atoms with E-state index in [2.05, 4.69) is 16.9 Å². The third kappa shape index (κ3) is 6.47. The van der Waals surface area contributed by atoms with E-state index in [4.69, 9.17) is 11.0 Å². The van der Waals surface area contributed by atoms with E-state index in [1.807, 2.05) is 18.0 Å². The van der Waals surface area contributed by atoms with Crippen molar-refractivity contribution in [3.8, 4) is 6.07 Å². The van der Waals surface area contributed by atoms with Crippen LogP contribution in [0.25, 0.3) is 11.0 Å². The van der Waals surface area contributed by atoms with Gasteiger partial charge in [-0.2, -0.15) is 5.26 Å². The standard InChI is InChI=1S/C24H34N8O4.ClH/c1-16-8-12-31(20(33)7-11-26)14-19(16)29(2)21-17-9-13-32(22(17)28-15-27-21)24(36)30(3)18(23(34)35)6-4-5-10-25;/h9,13,15-16,18-19H,4-8,10,12,14,25H2,1-3H3,(H,34,35);1H/t16-,18+,19+;/m1./s1. The number of halogens is 1. The van der Waals surface area contributed by atoms with E-state index >= 15 is 0 Å². The number of hydrogen-bond donors (Lipinski definition) is 2. The zero-order valence-corrected chi connectivity index (χ0v) is 22.2. The van der Waals surface area contributed by atoms with Crippen LogP contribution in [-0.2, 0) is 9.59 Å². The first-order valence-corrected chi connectivity index (χ1v) is 12.1. The first kappa shape index (κ1) is 29.8. The fourth-order valence-corrected chi connectivity index (χ4v) is 4.76. The van der Waals surface area contributed by atoms with Crippen LogP contribution in [0.3, 0.4) is 0 Å². The molecule has 0 aromatic carbocycles. The van der Waals surface area contributed by atoms with Gasteiger partial charge in [-0.3, -0.25) is 9.36 Å². The molecular weight excluding hydrogens is 500 g/mol. The largest absolute Gasteiger partial charge is 0.480 e. The molecule has 12 nitrogen and oxygen atoms in total. The van der Waals surface area contributed by atoms with Gasteiger partial charge in [-0.1, -0.05) is 6.92 Å². The van der Waals surface area contributed by atoms with Crippen molar-refractivity contribution in [3.63, 3.8) is 0 Å². The Kier molecular flexibility index (Phi) is 10.6. The maximum Gasteiger partial charge on any atom is 0.330 e. The maximum atomic E-state index is 13.3. The average molecular weight is 535 g/mol. The van der Waals surface area contributed by atoms with Gasteiger partial charge in [0.2, 0.25) is 5.91 Å². The molecule has 1 fully saturated rings. The number of hydrogen-bond acceptors (Lipinski definition) is 8. The Balaban J connectivity index is 0.00000481. The number of likely N-dealkylation sites (tertiary alicyclic amines) is 1. The molecule has 3 rings (SSSR count). The van der Waals surface area contributed by atoms with Crippen LogP contribution in [0.2, 0.25) is 0 Å². The van der Waals surface area contributed by atoms with Crippen LogP contribution in [0, 0.1) is 17.2 Å². The second-order valence-electron chi connectivity index (χ2n) is 9.27. The van der Waals surface area contributed by atoms with Gasteiger partial charge in [0.15, 0.2) is 5.65 Å². The Morgan fingerprint density at radius 2 is 2.03 bits per heavy atom. The lowest BCUT2D eigenvalue weighted by Crippen LogP contribution is -2.52. The fraction of sp³-hybridized carbons (Fsp3) is 0.583. The number of anilines is 1. The number of carboxylic acid groups (broad SMARTS) is 1. The van der Waals surface area contributed by atoms with E-state index in [1.165, 1.54) is 22.8 Å². The smallest absolute Gasteiger partial charge is 0.330 e. The highest BCUT2D eigenvalue weighted by Crippen LogP contribution is 2.30. The summed E-state index contributed by atoms with van der Waals surface area (Å²) < 4.78 is 1.33. The van der Waals surface area contributed by atoms with Gasteiger partial charge in [-0.05, 0) is 44.2 Å². The van der Waals surface area contributed by atoms with Crippen molar-refractivity contribution in [1.82, 2.24) is 24.3 Å². The van der Waals surface area contributed by atoms with Gasteiger partial charge < -0.3 is 25.5 Å². The Labute approximate surface area is 222 Å². The summed E-state index contributed by atoms with van der Waals surface area (Å²) >= 11 is 0. The monoisotopic (exact) mass is 534 g/mol. The Morgan fingerprint density at radius 3 is 2.68 bits per heavy atom. The minimum Gasteiger partial charge on any atom is -0.480 e. The molecule has 0 unspecified atom stereocenters. The summed E-state index contributed by atoms with van der Waals surface area (Å²) in [7, 11) is 3.37. The van der Waals surface area contributed by atoms with E-state index in [0.717, 1.165) is 6.42 Å². The normalized spacial score (nSPS) is 18.0. The number of fused-ring (bicyclic) bond motifs is 1. The molecule has 37 heavy (non-hydrogen) atoms.